The van der Waals surface area contributed by atoms with Gasteiger partial charge in [0.15, 0.2) is 0 Å². The zero-order chi connectivity index (χ0) is 10.4. The lowest BCUT2D eigenvalue weighted by atomic mass is 10.3. The Morgan fingerprint density at radius 1 is 1.64 bits per heavy atom. The van der Waals surface area contributed by atoms with Crippen molar-refractivity contribution in [2.24, 2.45) is 0 Å². The Bertz CT molecular complexity index is 303. The summed E-state index contributed by atoms with van der Waals surface area (Å²) in [6.45, 7) is 0.821. The van der Waals surface area contributed by atoms with Gasteiger partial charge in [0.25, 0.3) is 0 Å². The summed E-state index contributed by atoms with van der Waals surface area (Å²) in [5.41, 5.74) is 0.876. The molecule has 6 heteroatoms. The molecule has 4 nitrogen and oxygen atoms in total. The number of hydrogen-bond donors (Lipinski definition) is 1. The number of alkyl halides is 1. The van der Waals surface area contributed by atoms with Crippen LogP contribution in [0, 0.1) is 10.1 Å². The summed E-state index contributed by atoms with van der Waals surface area (Å²) in [4.78, 5) is 9.93. The smallest absolute Gasteiger partial charge is 0.313 e. The maximum absolute atomic E-state index is 11.7. The fourth-order valence-corrected chi connectivity index (χ4v) is 1.70. The zero-order valence-corrected chi connectivity index (χ0v) is 8.35. The minimum Gasteiger partial charge on any atom is -0.313 e. The van der Waals surface area contributed by atoms with Gasteiger partial charge >= 0.3 is 5.00 Å². The van der Waals surface area contributed by atoms with Gasteiger partial charge in [-0.2, -0.15) is 0 Å². The molecule has 0 aromatic carbocycles. The zero-order valence-electron chi connectivity index (χ0n) is 7.53. The van der Waals surface area contributed by atoms with Crippen LogP contribution < -0.4 is 5.32 Å². The molecule has 0 aliphatic carbocycles. The first-order valence-corrected chi connectivity index (χ1v) is 5.10. The normalized spacial score (nSPS) is 10.4. The minimum absolute atomic E-state index is 0.146. The Hall–Kier alpha value is -1.01. The fraction of sp³-hybridized carbons (Fsp3) is 0.500. The second kappa shape index (κ2) is 5.66. The Balaban J connectivity index is 2.33. The summed E-state index contributed by atoms with van der Waals surface area (Å²) in [5.74, 6) is 0. The molecule has 78 valence electrons. The highest BCUT2D eigenvalue weighted by Crippen LogP contribution is 2.22. The molecule has 0 spiro atoms. The van der Waals surface area contributed by atoms with E-state index < -0.39 is 4.92 Å². The second-order valence-corrected chi connectivity index (χ2v) is 3.66. The number of hydrogen-bond acceptors (Lipinski definition) is 4. The van der Waals surface area contributed by atoms with E-state index in [9.17, 15) is 14.5 Å². The quantitative estimate of drug-likeness (QED) is 0.452. The van der Waals surface area contributed by atoms with Crippen molar-refractivity contribution in [2.75, 3.05) is 13.2 Å². The largest absolute Gasteiger partial charge is 0.324 e. The molecule has 1 aromatic heterocycles. The molecule has 0 saturated carbocycles. The first kappa shape index (κ1) is 11.1. The highest BCUT2D eigenvalue weighted by Gasteiger charge is 2.08. The lowest BCUT2D eigenvalue weighted by Gasteiger charge is -1.98. The van der Waals surface area contributed by atoms with E-state index in [0.29, 0.717) is 19.5 Å². The standard InChI is InChI=1S/C8H11FN2O2S/c9-2-1-3-10-5-7-4-8(11(12)13)14-6-7/h4,6,10H,1-3,5H2. The maximum Gasteiger partial charge on any atom is 0.324 e. The van der Waals surface area contributed by atoms with Crippen LogP contribution in [0.3, 0.4) is 0 Å². The molecule has 0 fully saturated rings. The molecule has 14 heavy (non-hydrogen) atoms. The summed E-state index contributed by atoms with van der Waals surface area (Å²) in [5, 5.41) is 15.2. The molecule has 1 rings (SSSR count). The van der Waals surface area contributed by atoms with E-state index in [2.05, 4.69) is 5.32 Å². The fourth-order valence-electron chi connectivity index (χ4n) is 0.976. The van der Waals surface area contributed by atoms with Crippen LogP contribution in [-0.2, 0) is 6.54 Å². The first-order valence-electron chi connectivity index (χ1n) is 4.22. The van der Waals surface area contributed by atoms with Crippen molar-refractivity contribution < 1.29 is 9.31 Å². The van der Waals surface area contributed by atoms with Crippen LogP contribution in [0.4, 0.5) is 9.39 Å². The number of halogens is 1. The molecule has 0 aliphatic heterocycles. The van der Waals surface area contributed by atoms with Crippen molar-refractivity contribution in [1.29, 1.82) is 0 Å². The Morgan fingerprint density at radius 2 is 2.43 bits per heavy atom. The summed E-state index contributed by atoms with van der Waals surface area (Å²) in [6.07, 6.45) is 0.478. The Kier molecular flexibility index (Phi) is 4.48. The van der Waals surface area contributed by atoms with Crippen LogP contribution in [0.2, 0.25) is 0 Å². The topological polar surface area (TPSA) is 55.2 Å². The average molecular weight is 218 g/mol. The van der Waals surface area contributed by atoms with E-state index in [1.165, 1.54) is 6.07 Å². The van der Waals surface area contributed by atoms with Crippen LogP contribution in [0.25, 0.3) is 0 Å². The van der Waals surface area contributed by atoms with Gasteiger partial charge in [-0.15, -0.1) is 0 Å². The van der Waals surface area contributed by atoms with Crippen LogP contribution in [-0.4, -0.2) is 18.1 Å². The van der Waals surface area contributed by atoms with Crippen molar-refractivity contribution in [3.63, 3.8) is 0 Å². The van der Waals surface area contributed by atoms with Crippen molar-refractivity contribution in [3.05, 3.63) is 27.1 Å². The number of rotatable bonds is 6. The summed E-state index contributed by atoms with van der Waals surface area (Å²) in [6, 6.07) is 1.53. The highest BCUT2D eigenvalue weighted by molar-refractivity contribution is 7.13. The third-order valence-corrected chi connectivity index (χ3v) is 2.57. The van der Waals surface area contributed by atoms with Gasteiger partial charge in [-0.3, -0.25) is 14.5 Å². The maximum atomic E-state index is 11.7. The van der Waals surface area contributed by atoms with Gasteiger partial charge in [-0.1, -0.05) is 11.3 Å². The van der Waals surface area contributed by atoms with E-state index in [-0.39, 0.29) is 11.7 Å². The van der Waals surface area contributed by atoms with Crippen LogP contribution in [0.15, 0.2) is 11.4 Å². The number of nitrogens with one attached hydrogen (secondary N) is 1. The van der Waals surface area contributed by atoms with Gasteiger partial charge in [-0.05, 0) is 18.5 Å². The molecule has 1 aromatic rings. The summed E-state index contributed by atoms with van der Waals surface area (Å²) < 4.78 is 11.7. The van der Waals surface area contributed by atoms with E-state index in [1.54, 1.807) is 5.38 Å². The molecule has 0 bridgehead atoms. The Labute approximate surface area is 84.9 Å². The van der Waals surface area contributed by atoms with Gasteiger partial charge in [-0.25, -0.2) is 0 Å². The van der Waals surface area contributed by atoms with Gasteiger partial charge in [0.2, 0.25) is 0 Å². The monoisotopic (exact) mass is 218 g/mol. The first-order chi connectivity index (χ1) is 6.74. The molecule has 1 N–H and O–H groups in total. The summed E-state index contributed by atoms with van der Waals surface area (Å²) >= 11 is 1.11. The van der Waals surface area contributed by atoms with E-state index in [4.69, 9.17) is 0 Å². The van der Waals surface area contributed by atoms with E-state index in [1.807, 2.05) is 0 Å². The van der Waals surface area contributed by atoms with Gasteiger partial charge in [0.1, 0.15) is 0 Å². The SMILES string of the molecule is O=[N+]([O-])c1cc(CNCCCF)cs1. The van der Waals surface area contributed by atoms with Crippen LogP contribution in [0.1, 0.15) is 12.0 Å². The lowest BCUT2D eigenvalue weighted by molar-refractivity contribution is -0.380. The van der Waals surface area contributed by atoms with Crippen molar-refractivity contribution in [1.82, 2.24) is 5.32 Å². The van der Waals surface area contributed by atoms with Gasteiger partial charge in [0, 0.05) is 18.0 Å². The second-order valence-electron chi connectivity index (χ2n) is 2.77. The molecule has 0 amide bonds. The van der Waals surface area contributed by atoms with E-state index >= 15 is 0 Å². The number of nitrogens with zero attached hydrogens (tertiary/aromatic N) is 1. The third kappa shape index (κ3) is 3.39. The lowest BCUT2D eigenvalue weighted by Crippen LogP contribution is -2.14. The molecular formula is C8H11FN2O2S. The third-order valence-electron chi connectivity index (χ3n) is 1.64. The summed E-state index contributed by atoms with van der Waals surface area (Å²) in [7, 11) is 0. The van der Waals surface area contributed by atoms with Crippen molar-refractivity contribution in [2.45, 2.75) is 13.0 Å². The minimum atomic E-state index is -0.407. The Morgan fingerprint density at radius 3 is 3.00 bits per heavy atom. The number of nitro groups is 1. The molecule has 1 heterocycles. The molecule has 0 radical (unpaired) electrons. The molecule has 0 atom stereocenters. The molecule has 0 saturated heterocycles. The van der Waals surface area contributed by atoms with Gasteiger partial charge < -0.3 is 5.32 Å². The predicted molar refractivity (Wildman–Crippen MR) is 53.3 cm³/mol. The number of thiophene rings is 1. The van der Waals surface area contributed by atoms with Gasteiger partial charge in [0.05, 0.1) is 11.6 Å². The van der Waals surface area contributed by atoms with Crippen molar-refractivity contribution >= 4 is 16.3 Å². The van der Waals surface area contributed by atoms with Crippen LogP contribution in [0.5, 0.6) is 0 Å². The average Bonchev–Trinajstić information content (AvgIpc) is 2.61. The van der Waals surface area contributed by atoms with Crippen molar-refractivity contribution in [3.8, 4) is 0 Å². The van der Waals surface area contributed by atoms with Crippen LogP contribution >= 0.6 is 11.3 Å². The predicted octanol–water partition coefficient (Wildman–Crippen LogP) is 2.11. The highest BCUT2D eigenvalue weighted by atomic mass is 32.1. The van der Waals surface area contributed by atoms with E-state index in [0.717, 1.165) is 16.9 Å². The molecule has 0 unspecified atom stereocenters. The molecule has 0 aliphatic rings. The molecular weight excluding hydrogens is 207 g/mol.